The van der Waals surface area contributed by atoms with Gasteiger partial charge in [0.1, 0.15) is 5.75 Å². The summed E-state index contributed by atoms with van der Waals surface area (Å²) in [5.41, 5.74) is 1.36. The van der Waals surface area contributed by atoms with Crippen molar-refractivity contribution in [3.05, 3.63) is 52.5 Å². The summed E-state index contributed by atoms with van der Waals surface area (Å²) >= 11 is 3.84. The molecule has 1 unspecified atom stereocenters. The Morgan fingerprint density at radius 3 is 2.65 bits per heavy atom. The Morgan fingerprint density at radius 2 is 2.00 bits per heavy atom. The maximum Gasteiger partial charge on any atom is 0.288 e. The summed E-state index contributed by atoms with van der Waals surface area (Å²) in [5.74, 6) is -2.11. The Bertz CT molecular complexity index is 762. The van der Waals surface area contributed by atoms with Gasteiger partial charge in [0.2, 0.25) is 5.91 Å². The van der Waals surface area contributed by atoms with E-state index < -0.39 is 5.76 Å². The molecule has 26 heavy (non-hydrogen) atoms. The SMILES string of the molecule is COc1ccc(C(C)NCC(=O)Nc2ccccc2SC(F)F)cc1Br. The zero-order valence-corrected chi connectivity index (χ0v) is 16.7. The number of thioether (sulfide) groups is 1. The number of rotatable bonds is 8. The monoisotopic (exact) mass is 444 g/mol. The third-order valence-electron chi connectivity index (χ3n) is 3.62. The van der Waals surface area contributed by atoms with Gasteiger partial charge in [0.25, 0.3) is 5.76 Å². The highest BCUT2D eigenvalue weighted by Gasteiger charge is 2.13. The molecule has 2 rings (SSSR count). The largest absolute Gasteiger partial charge is 0.496 e. The maximum absolute atomic E-state index is 12.6. The van der Waals surface area contributed by atoms with Crippen LogP contribution in [-0.2, 0) is 4.79 Å². The standard InChI is InChI=1S/C18H19BrF2N2O2S/c1-11(12-7-8-15(25-2)13(19)9-12)22-10-17(24)23-14-5-3-4-6-16(14)26-18(20)21/h3-9,11,18,22H,10H2,1-2H3,(H,23,24). The molecule has 0 saturated heterocycles. The molecule has 140 valence electrons. The van der Waals surface area contributed by atoms with E-state index in [9.17, 15) is 13.6 Å². The molecule has 0 aromatic heterocycles. The summed E-state index contributed by atoms with van der Waals surface area (Å²) in [6.45, 7) is 1.99. The second-order valence-corrected chi connectivity index (χ2v) is 7.31. The predicted molar refractivity (Wildman–Crippen MR) is 104 cm³/mol. The van der Waals surface area contributed by atoms with Gasteiger partial charge in [-0.25, -0.2) is 0 Å². The predicted octanol–water partition coefficient (Wildman–Crippen LogP) is 5.06. The zero-order chi connectivity index (χ0) is 19.1. The Morgan fingerprint density at radius 1 is 1.27 bits per heavy atom. The van der Waals surface area contributed by atoms with Gasteiger partial charge in [-0.15, -0.1) is 0 Å². The van der Waals surface area contributed by atoms with E-state index in [1.807, 2.05) is 25.1 Å². The fourth-order valence-electron chi connectivity index (χ4n) is 2.28. The first kappa shape index (κ1) is 20.7. The van der Waals surface area contributed by atoms with Gasteiger partial charge in [-0.05, 0) is 52.7 Å². The van der Waals surface area contributed by atoms with E-state index >= 15 is 0 Å². The summed E-state index contributed by atoms with van der Waals surface area (Å²) in [6.07, 6.45) is 0. The van der Waals surface area contributed by atoms with E-state index in [1.165, 1.54) is 0 Å². The average molecular weight is 445 g/mol. The first-order chi connectivity index (χ1) is 12.4. The highest BCUT2D eigenvalue weighted by molar-refractivity contribution is 9.10. The molecule has 0 aliphatic heterocycles. The molecule has 0 heterocycles. The lowest BCUT2D eigenvalue weighted by atomic mass is 10.1. The van der Waals surface area contributed by atoms with Gasteiger partial charge < -0.3 is 15.4 Å². The van der Waals surface area contributed by atoms with Crippen molar-refractivity contribution in [1.29, 1.82) is 0 Å². The highest BCUT2D eigenvalue weighted by Crippen LogP contribution is 2.31. The van der Waals surface area contributed by atoms with E-state index in [0.29, 0.717) is 22.3 Å². The number of hydrogen-bond donors (Lipinski definition) is 2. The summed E-state index contributed by atoms with van der Waals surface area (Å²) in [5, 5.41) is 5.78. The first-order valence-corrected chi connectivity index (χ1v) is 9.48. The van der Waals surface area contributed by atoms with Gasteiger partial charge in [-0.2, -0.15) is 8.78 Å². The summed E-state index contributed by atoms with van der Waals surface area (Å²) in [4.78, 5) is 12.5. The molecule has 0 radical (unpaired) electrons. The number of ether oxygens (including phenoxy) is 1. The molecule has 0 saturated carbocycles. The molecule has 1 atom stereocenters. The first-order valence-electron chi connectivity index (χ1n) is 7.81. The number of nitrogens with one attached hydrogen (secondary N) is 2. The van der Waals surface area contributed by atoms with E-state index in [2.05, 4.69) is 26.6 Å². The molecule has 4 nitrogen and oxygen atoms in total. The van der Waals surface area contributed by atoms with Gasteiger partial charge in [0, 0.05) is 10.9 Å². The van der Waals surface area contributed by atoms with E-state index in [1.54, 1.807) is 31.4 Å². The van der Waals surface area contributed by atoms with Crippen molar-refractivity contribution in [1.82, 2.24) is 5.32 Å². The molecule has 2 N–H and O–H groups in total. The molecule has 0 aliphatic carbocycles. The van der Waals surface area contributed by atoms with Crippen molar-refractivity contribution < 1.29 is 18.3 Å². The number of benzene rings is 2. The number of methoxy groups -OCH3 is 1. The second kappa shape index (κ2) is 9.89. The van der Waals surface area contributed by atoms with Crippen LogP contribution in [0.25, 0.3) is 0 Å². The van der Waals surface area contributed by atoms with E-state index in [-0.39, 0.29) is 18.5 Å². The van der Waals surface area contributed by atoms with Crippen LogP contribution in [0.2, 0.25) is 0 Å². The minimum atomic E-state index is -2.54. The number of alkyl halides is 2. The van der Waals surface area contributed by atoms with Gasteiger partial charge in [-0.3, -0.25) is 4.79 Å². The van der Waals surface area contributed by atoms with Crippen molar-refractivity contribution in [2.45, 2.75) is 23.6 Å². The van der Waals surface area contributed by atoms with Crippen molar-refractivity contribution in [3.63, 3.8) is 0 Å². The van der Waals surface area contributed by atoms with Crippen LogP contribution in [0.1, 0.15) is 18.5 Å². The quantitative estimate of drug-likeness (QED) is 0.558. The lowest BCUT2D eigenvalue weighted by Gasteiger charge is -2.16. The Balaban J connectivity index is 1.93. The number of para-hydroxylation sites is 1. The van der Waals surface area contributed by atoms with Crippen LogP contribution in [0.5, 0.6) is 5.75 Å². The number of amides is 1. The van der Waals surface area contributed by atoms with Crippen LogP contribution in [0.3, 0.4) is 0 Å². The number of anilines is 1. The molecule has 0 fully saturated rings. The van der Waals surface area contributed by atoms with Crippen LogP contribution < -0.4 is 15.4 Å². The second-order valence-electron chi connectivity index (χ2n) is 5.42. The van der Waals surface area contributed by atoms with Gasteiger partial charge >= 0.3 is 0 Å². The lowest BCUT2D eigenvalue weighted by Crippen LogP contribution is -2.30. The minimum absolute atomic E-state index is 0.0541. The van der Waals surface area contributed by atoms with E-state index in [0.717, 1.165) is 15.8 Å². The topological polar surface area (TPSA) is 50.4 Å². The van der Waals surface area contributed by atoms with Crippen LogP contribution in [-0.4, -0.2) is 25.3 Å². The number of carbonyl (C=O) groups excluding carboxylic acids is 1. The lowest BCUT2D eigenvalue weighted by molar-refractivity contribution is -0.115. The van der Waals surface area contributed by atoms with Crippen LogP contribution in [0, 0.1) is 0 Å². The van der Waals surface area contributed by atoms with Gasteiger partial charge in [0.05, 0.1) is 23.8 Å². The number of halogens is 3. The van der Waals surface area contributed by atoms with Crippen molar-refractivity contribution >= 4 is 39.3 Å². The Kier molecular flexibility index (Phi) is 7.86. The molecule has 1 amide bonds. The van der Waals surface area contributed by atoms with Crippen LogP contribution in [0.4, 0.5) is 14.5 Å². The Hall–Kier alpha value is -1.64. The molecule has 0 aliphatic rings. The maximum atomic E-state index is 12.6. The fraction of sp³-hybridized carbons (Fsp3) is 0.278. The summed E-state index contributed by atoms with van der Waals surface area (Å²) in [7, 11) is 1.59. The van der Waals surface area contributed by atoms with Crippen LogP contribution in [0.15, 0.2) is 51.8 Å². The van der Waals surface area contributed by atoms with Crippen molar-refractivity contribution in [3.8, 4) is 5.75 Å². The number of carbonyl (C=O) groups is 1. The fourth-order valence-corrected chi connectivity index (χ4v) is 3.43. The molecule has 2 aromatic carbocycles. The number of hydrogen-bond acceptors (Lipinski definition) is 4. The molecule has 0 spiro atoms. The Labute approximate surface area is 163 Å². The zero-order valence-electron chi connectivity index (χ0n) is 14.3. The molecular weight excluding hydrogens is 426 g/mol. The summed E-state index contributed by atoms with van der Waals surface area (Å²) in [6, 6.07) is 12.1. The molecule has 8 heteroatoms. The normalized spacial score (nSPS) is 12.1. The third-order valence-corrected chi connectivity index (χ3v) is 5.03. The summed E-state index contributed by atoms with van der Waals surface area (Å²) < 4.78 is 31.2. The molecule has 0 bridgehead atoms. The average Bonchev–Trinajstić information content (AvgIpc) is 2.61. The smallest absolute Gasteiger partial charge is 0.288 e. The van der Waals surface area contributed by atoms with Crippen molar-refractivity contribution in [2.75, 3.05) is 19.0 Å². The minimum Gasteiger partial charge on any atom is -0.496 e. The highest BCUT2D eigenvalue weighted by atomic mass is 79.9. The molecular formula is C18H19BrF2N2O2S. The molecule has 2 aromatic rings. The van der Waals surface area contributed by atoms with E-state index in [4.69, 9.17) is 4.74 Å². The van der Waals surface area contributed by atoms with Gasteiger partial charge in [-0.1, -0.05) is 30.0 Å². The van der Waals surface area contributed by atoms with Crippen LogP contribution >= 0.6 is 27.7 Å². The van der Waals surface area contributed by atoms with Gasteiger partial charge in [0.15, 0.2) is 0 Å². The van der Waals surface area contributed by atoms with Crippen molar-refractivity contribution in [2.24, 2.45) is 0 Å². The third kappa shape index (κ3) is 5.96.